The number of hydrogen-bond donors (Lipinski definition) is 1. The van der Waals surface area contributed by atoms with Crippen LogP contribution < -0.4 is 9.47 Å². The maximum Gasteiger partial charge on any atom is 0.161 e. The number of nitrogens with zero attached hydrogens (tertiary/aromatic N) is 2. The quantitative estimate of drug-likeness (QED) is 0.502. The summed E-state index contributed by atoms with van der Waals surface area (Å²) in [6.45, 7) is 6.48. The van der Waals surface area contributed by atoms with Crippen LogP contribution in [-0.4, -0.2) is 23.2 Å². The number of para-hydroxylation sites is 2. The molecule has 0 saturated heterocycles. The SMILES string of the molecule is C=CCOc1ccc(/C=C(\C#N)c2nc3ccccc3[nH]2)cc1OCC. The van der Waals surface area contributed by atoms with Crippen molar-refractivity contribution in [3.8, 4) is 17.6 Å². The van der Waals surface area contributed by atoms with E-state index in [0.717, 1.165) is 16.6 Å². The Morgan fingerprint density at radius 1 is 1.23 bits per heavy atom. The number of hydrogen-bond acceptors (Lipinski definition) is 4. The lowest BCUT2D eigenvalue weighted by Crippen LogP contribution is -1.99. The maximum absolute atomic E-state index is 9.56. The van der Waals surface area contributed by atoms with Crippen molar-refractivity contribution in [1.29, 1.82) is 5.26 Å². The molecular formula is C21H19N3O2. The van der Waals surface area contributed by atoms with Crippen molar-refractivity contribution in [2.75, 3.05) is 13.2 Å². The van der Waals surface area contributed by atoms with E-state index in [1.807, 2.05) is 49.4 Å². The van der Waals surface area contributed by atoms with Crippen molar-refractivity contribution in [2.45, 2.75) is 6.92 Å². The van der Waals surface area contributed by atoms with E-state index in [2.05, 4.69) is 22.6 Å². The van der Waals surface area contributed by atoms with E-state index in [0.29, 0.717) is 36.1 Å². The van der Waals surface area contributed by atoms with Gasteiger partial charge in [0.05, 0.1) is 23.2 Å². The van der Waals surface area contributed by atoms with Crippen LogP contribution >= 0.6 is 0 Å². The molecule has 0 saturated carbocycles. The normalized spacial score (nSPS) is 11.2. The Morgan fingerprint density at radius 2 is 2.08 bits per heavy atom. The Morgan fingerprint density at radius 3 is 2.81 bits per heavy atom. The lowest BCUT2D eigenvalue weighted by molar-refractivity contribution is 0.297. The van der Waals surface area contributed by atoms with Crippen LogP contribution in [0.25, 0.3) is 22.7 Å². The van der Waals surface area contributed by atoms with Crippen LogP contribution in [0, 0.1) is 11.3 Å². The van der Waals surface area contributed by atoms with Gasteiger partial charge < -0.3 is 14.5 Å². The van der Waals surface area contributed by atoms with Gasteiger partial charge in [-0.25, -0.2) is 4.98 Å². The van der Waals surface area contributed by atoms with Crippen molar-refractivity contribution < 1.29 is 9.47 Å². The van der Waals surface area contributed by atoms with Gasteiger partial charge in [-0.15, -0.1) is 0 Å². The fourth-order valence-corrected chi connectivity index (χ4v) is 2.55. The summed E-state index contributed by atoms with van der Waals surface area (Å²) in [6.07, 6.45) is 3.45. The minimum absolute atomic E-state index is 0.400. The van der Waals surface area contributed by atoms with Gasteiger partial charge in [0.2, 0.25) is 0 Å². The number of H-pyrrole nitrogens is 1. The molecule has 0 radical (unpaired) electrons. The highest BCUT2D eigenvalue weighted by molar-refractivity contribution is 5.90. The molecule has 5 heteroatoms. The third-order valence-corrected chi connectivity index (χ3v) is 3.70. The predicted octanol–water partition coefficient (Wildman–Crippen LogP) is 4.59. The molecule has 0 bridgehead atoms. The number of aromatic nitrogens is 2. The number of nitrogens with one attached hydrogen (secondary N) is 1. The summed E-state index contributed by atoms with van der Waals surface area (Å²) in [5.41, 5.74) is 3.00. The van der Waals surface area contributed by atoms with E-state index in [1.54, 1.807) is 12.2 Å². The summed E-state index contributed by atoms with van der Waals surface area (Å²) in [5.74, 6) is 1.81. The highest BCUT2D eigenvalue weighted by Crippen LogP contribution is 2.30. The third-order valence-electron chi connectivity index (χ3n) is 3.70. The summed E-state index contributed by atoms with van der Waals surface area (Å²) in [4.78, 5) is 7.66. The molecule has 0 aliphatic rings. The largest absolute Gasteiger partial charge is 0.490 e. The molecule has 0 aliphatic heterocycles. The van der Waals surface area contributed by atoms with E-state index < -0.39 is 0 Å². The maximum atomic E-state index is 9.56. The van der Waals surface area contributed by atoms with E-state index >= 15 is 0 Å². The fraction of sp³-hybridized carbons (Fsp3) is 0.143. The van der Waals surface area contributed by atoms with Crippen molar-refractivity contribution in [3.63, 3.8) is 0 Å². The van der Waals surface area contributed by atoms with Crippen LogP contribution in [0.2, 0.25) is 0 Å². The van der Waals surface area contributed by atoms with Crippen molar-refractivity contribution in [3.05, 3.63) is 66.5 Å². The van der Waals surface area contributed by atoms with Crippen LogP contribution in [-0.2, 0) is 0 Å². The van der Waals surface area contributed by atoms with Gasteiger partial charge in [-0.1, -0.05) is 30.9 Å². The van der Waals surface area contributed by atoms with E-state index in [1.165, 1.54) is 0 Å². The average Bonchev–Trinajstić information content (AvgIpc) is 3.09. The summed E-state index contributed by atoms with van der Waals surface area (Å²) in [5, 5.41) is 9.56. The smallest absolute Gasteiger partial charge is 0.161 e. The second-order valence-corrected chi connectivity index (χ2v) is 5.51. The highest BCUT2D eigenvalue weighted by Gasteiger charge is 2.10. The van der Waals surface area contributed by atoms with Crippen LogP contribution in [0.3, 0.4) is 0 Å². The predicted molar refractivity (Wildman–Crippen MR) is 103 cm³/mol. The second-order valence-electron chi connectivity index (χ2n) is 5.51. The zero-order chi connectivity index (χ0) is 18.4. The van der Waals surface area contributed by atoms with Gasteiger partial charge in [-0.2, -0.15) is 5.26 Å². The number of aromatic amines is 1. The molecule has 1 heterocycles. The molecule has 0 aliphatic carbocycles. The first-order valence-electron chi connectivity index (χ1n) is 8.32. The first-order chi connectivity index (χ1) is 12.7. The Bertz CT molecular complexity index is 963. The number of nitriles is 1. The molecule has 5 nitrogen and oxygen atoms in total. The molecule has 26 heavy (non-hydrogen) atoms. The lowest BCUT2D eigenvalue weighted by Gasteiger charge is -2.11. The summed E-state index contributed by atoms with van der Waals surface area (Å²) >= 11 is 0. The minimum Gasteiger partial charge on any atom is -0.490 e. The first-order valence-corrected chi connectivity index (χ1v) is 8.32. The summed E-state index contributed by atoms with van der Waals surface area (Å²) in [7, 11) is 0. The lowest BCUT2D eigenvalue weighted by atomic mass is 10.1. The number of fused-ring (bicyclic) bond motifs is 1. The molecule has 0 unspecified atom stereocenters. The molecule has 3 aromatic rings. The number of benzene rings is 2. The van der Waals surface area contributed by atoms with E-state index in [9.17, 15) is 5.26 Å². The van der Waals surface area contributed by atoms with Gasteiger partial charge >= 0.3 is 0 Å². The second kappa shape index (κ2) is 8.04. The molecule has 2 aromatic carbocycles. The number of allylic oxidation sites excluding steroid dienone is 1. The van der Waals surface area contributed by atoms with E-state index in [4.69, 9.17) is 9.47 Å². The highest BCUT2D eigenvalue weighted by atomic mass is 16.5. The van der Waals surface area contributed by atoms with Crippen LogP contribution in [0.15, 0.2) is 55.1 Å². The number of ether oxygens (including phenoxy) is 2. The molecule has 0 spiro atoms. The first kappa shape index (κ1) is 17.3. The Hall–Kier alpha value is -3.52. The molecule has 0 amide bonds. The van der Waals surface area contributed by atoms with Crippen LogP contribution in [0.5, 0.6) is 11.5 Å². The number of imidazole rings is 1. The minimum atomic E-state index is 0.400. The standard InChI is InChI=1S/C21H19N3O2/c1-3-11-26-19-10-9-15(13-20(19)25-4-2)12-16(14-22)21-23-17-7-5-6-8-18(17)24-21/h3,5-10,12-13H,1,4,11H2,2H3,(H,23,24)/b16-12+. The zero-order valence-electron chi connectivity index (χ0n) is 14.5. The molecule has 130 valence electrons. The van der Waals surface area contributed by atoms with Gasteiger partial charge in [0.25, 0.3) is 0 Å². The number of rotatable bonds is 7. The van der Waals surface area contributed by atoms with Crippen LogP contribution in [0.4, 0.5) is 0 Å². The van der Waals surface area contributed by atoms with Gasteiger partial charge in [0.1, 0.15) is 18.5 Å². The van der Waals surface area contributed by atoms with Crippen molar-refractivity contribution in [2.24, 2.45) is 0 Å². The molecular weight excluding hydrogens is 326 g/mol. The zero-order valence-corrected chi connectivity index (χ0v) is 14.5. The Labute approximate surface area is 152 Å². The third kappa shape index (κ3) is 3.76. The molecule has 0 fully saturated rings. The molecule has 3 rings (SSSR count). The van der Waals surface area contributed by atoms with Gasteiger partial charge in [0, 0.05) is 0 Å². The Balaban J connectivity index is 1.96. The van der Waals surface area contributed by atoms with Crippen molar-refractivity contribution >= 4 is 22.7 Å². The van der Waals surface area contributed by atoms with Crippen LogP contribution in [0.1, 0.15) is 18.3 Å². The fourth-order valence-electron chi connectivity index (χ4n) is 2.55. The van der Waals surface area contributed by atoms with Gasteiger partial charge in [-0.3, -0.25) is 0 Å². The average molecular weight is 345 g/mol. The molecule has 0 atom stereocenters. The Kier molecular flexibility index (Phi) is 5.35. The van der Waals surface area contributed by atoms with E-state index in [-0.39, 0.29) is 0 Å². The topological polar surface area (TPSA) is 70.9 Å². The molecule has 1 N–H and O–H groups in total. The van der Waals surface area contributed by atoms with Crippen molar-refractivity contribution in [1.82, 2.24) is 9.97 Å². The monoisotopic (exact) mass is 345 g/mol. The summed E-state index contributed by atoms with van der Waals surface area (Å²) < 4.78 is 11.3. The van der Waals surface area contributed by atoms with Gasteiger partial charge in [-0.05, 0) is 42.8 Å². The summed E-state index contributed by atoms with van der Waals surface area (Å²) in [6, 6.07) is 15.4. The van der Waals surface area contributed by atoms with Gasteiger partial charge in [0.15, 0.2) is 11.5 Å². The molecule has 1 aromatic heterocycles.